The van der Waals surface area contributed by atoms with Crippen molar-refractivity contribution in [3.63, 3.8) is 0 Å². The molecule has 0 spiro atoms. The molecule has 1 unspecified atom stereocenters. The smallest absolute Gasteiger partial charge is 0.0834 e. The van der Waals surface area contributed by atoms with Gasteiger partial charge in [0.25, 0.3) is 0 Å². The molecule has 0 saturated heterocycles. The lowest BCUT2D eigenvalue weighted by Gasteiger charge is -2.43. The van der Waals surface area contributed by atoms with E-state index in [0.29, 0.717) is 6.04 Å². The fourth-order valence-corrected chi connectivity index (χ4v) is 4.15. The van der Waals surface area contributed by atoms with Crippen molar-refractivity contribution >= 4 is 11.3 Å². The van der Waals surface area contributed by atoms with Crippen LogP contribution < -0.4 is 5.32 Å². The number of ether oxygens (including phenoxy) is 1. The molecule has 1 fully saturated rings. The van der Waals surface area contributed by atoms with Crippen molar-refractivity contribution in [1.82, 2.24) is 5.32 Å². The highest BCUT2D eigenvalue weighted by Crippen LogP contribution is 2.36. The van der Waals surface area contributed by atoms with Crippen LogP contribution in [0.1, 0.15) is 51.0 Å². The van der Waals surface area contributed by atoms with Gasteiger partial charge in [-0.25, -0.2) is 0 Å². The molecule has 0 aliphatic heterocycles. The van der Waals surface area contributed by atoms with Gasteiger partial charge in [0.05, 0.1) is 5.60 Å². The summed E-state index contributed by atoms with van der Waals surface area (Å²) in [6.45, 7) is 2.96. The van der Waals surface area contributed by atoms with Gasteiger partial charge in [0, 0.05) is 12.6 Å². The third-order valence-corrected chi connectivity index (χ3v) is 5.15. The predicted octanol–water partition coefficient (Wildman–Crippen LogP) is 4.01. The van der Waals surface area contributed by atoms with Crippen molar-refractivity contribution < 1.29 is 4.74 Å². The molecule has 0 bridgehead atoms. The molecule has 1 aliphatic carbocycles. The minimum Gasteiger partial charge on any atom is -0.374 e. The van der Waals surface area contributed by atoms with Gasteiger partial charge in [-0.15, -0.1) is 0 Å². The molecule has 1 aromatic rings. The standard InChI is InChI=1S/C16H27NOS/c1-3-18-16(10-5-4-6-11-16)15(17-2)8-7-14-9-12-19-13-14/h9,12-13,15,17H,3-8,10-11H2,1-2H3. The first-order chi connectivity index (χ1) is 9.30. The molecular weight excluding hydrogens is 254 g/mol. The maximum atomic E-state index is 6.23. The van der Waals surface area contributed by atoms with Crippen LogP contribution in [0.4, 0.5) is 0 Å². The molecule has 0 aromatic carbocycles. The van der Waals surface area contributed by atoms with Gasteiger partial charge in [0.15, 0.2) is 0 Å². The van der Waals surface area contributed by atoms with Gasteiger partial charge >= 0.3 is 0 Å². The van der Waals surface area contributed by atoms with Crippen LogP contribution in [0.15, 0.2) is 16.8 Å². The molecule has 1 N–H and O–H groups in total. The molecular formula is C16H27NOS. The van der Waals surface area contributed by atoms with E-state index in [1.165, 1.54) is 44.1 Å². The number of hydrogen-bond donors (Lipinski definition) is 1. The van der Waals surface area contributed by atoms with E-state index in [-0.39, 0.29) is 5.60 Å². The van der Waals surface area contributed by atoms with Crippen molar-refractivity contribution in [2.24, 2.45) is 0 Å². The number of thiophene rings is 1. The van der Waals surface area contributed by atoms with E-state index in [9.17, 15) is 0 Å². The van der Waals surface area contributed by atoms with Crippen LogP contribution in [0.25, 0.3) is 0 Å². The number of hydrogen-bond acceptors (Lipinski definition) is 3. The molecule has 19 heavy (non-hydrogen) atoms. The average Bonchev–Trinajstić information content (AvgIpc) is 2.94. The monoisotopic (exact) mass is 281 g/mol. The lowest BCUT2D eigenvalue weighted by Crippen LogP contribution is -2.53. The number of aryl methyl sites for hydroxylation is 1. The molecule has 1 heterocycles. The van der Waals surface area contributed by atoms with Crippen molar-refractivity contribution in [3.05, 3.63) is 22.4 Å². The fraction of sp³-hybridized carbons (Fsp3) is 0.750. The number of rotatable bonds is 7. The van der Waals surface area contributed by atoms with E-state index in [1.807, 2.05) is 0 Å². The molecule has 0 radical (unpaired) electrons. The molecule has 1 saturated carbocycles. The first kappa shape index (κ1) is 15.0. The summed E-state index contributed by atoms with van der Waals surface area (Å²) in [4.78, 5) is 0. The third-order valence-electron chi connectivity index (χ3n) is 4.42. The fourth-order valence-electron chi connectivity index (χ4n) is 3.45. The lowest BCUT2D eigenvalue weighted by atomic mass is 9.77. The van der Waals surface area contributed by atoms with Crippen molar-refractivity contribution in [1.29, 1.82) is 0 Å². The van der Waals surface area contributed by atoms with Gasteiger partial charge in [-0.1, -0.05) is 19.3 Å². The Morgan fingerprint density at radius 1 is 1.37 bits per heavy atom. The van der Waals surface area contributed by atoms with Gasteiger partial charge in [0.1, 0.15) is 0 Å². The highest BCUT2D eigenvalue weighted by Gasteiger charge is 2.39. The van der Waals surface area contributed by atoms with Crippen molar-refractivity contribution in [2.75, 3.05) is 13.7 Å². The van der Waals surface area contributed by atoms with Gasteiger partial charge in [-0.2, -0.15) is 11.3 Å². The third kappa shape index (κ3) is 3.80. The van der Waals surface area contributed by atoms with Crippen LogP contribution in [0.5, 0.6) is 0 Å². The average molecular weight is 281 g/mol. The molecule has 1 atom stereocenters. The largest absolute Gasteiger partial charge is 0.374 e. The van der Waals surface area contributed by atoms with Crippen LogP contribution in [0.3, 0.4) is 0 Å². The summed E-state index contributed by atoms with van der Waals surface area (Å²) in [5.74, 6) is 0. The normalized spacial score (nSPS) is 20.3. The van der Waals surface area contributed by atoms with Crippen LogP contribution in [-0.2, 0) is 11.2 Å². The zero-order valence-corrected chi connectivity index (χ0v) is 13.1. The topological polar surface area (TPSA) is 21.3 Å². The zero-order valence-electron chi connectivity index (χ0n) is 12.3. The van der Waals surface area contributed by atoms with Gasteiger partial charge in [-0.3, -0.25) is 0 Å². The van der Waals surface area contributed by atoms with Gasteiger partial charge in [0.2, 0.25) is 0 Å². The summed E-state index contributed by atoms with van der Waals surface area (Å²) in [6, 6.07) is 2.72. The number of nitrogens with one attached hydrogen (secondary N) is 1. The van der Waals surface area contributed by atoms with E-state index < -0.39 is 0 Å². The quantitative estimate of drug-likeness (QED) is 0.815. The van der Waals surface area contributed by atoms with E-state index in [1.54, 1.807) is 11.3 Å². The molecule has 2 nitrogen and oxygen atoms in total. The number of likely N-dealkylation sites (N-methyl/N-ethyl adjacent to an activating group) is 1. The van der Waals surface area contributed by atoms with Crippen molar-refractivity contribution in [3.8, 4) is 0 Å². The second-order valence-electron chi connectivity index (χ2n) is 5.57. The second kappa shape index (κ2) is 7.41. The summed E-state index contributed by atoms with van der Waals surface area (Å²) >= 11 is 1.79. The Morgan fingerprint density at radius 3 is 2.74 bits per heavy atom. The van der Waals surface area contributed by atoms with E-state index in [0.717, 1.165) is 13.0 Å². The van der Waals surface area contributed by atoms with Crippen LogP contribution in [-0.4, -0.2) is 25.3 Å². The summed E-state index contributed by atoms with van der Waals surface area (Å²) < 4.78 is 6.23. The summed E-state index contributed by atoms with van der Waals surface area (Å²) in [7, 11) is 2.09. The molecule has 0 amide bonds. The van der Waals surface area contributed by atoms with E-state index >= 15 is 0 Å². The van der Waals surface area contributed by atoms with Gasteiger partial charge < -0.3 is 10.1 Å². The van der Waals surface area contributed by atoms with E-state index in [2.05, 4.69) is 36.1 Å². The Hall–Kier alpha value is -0.380. The Morgan fingerprint density at radius 2 is 2.16 bits per heavy atom. The van der Waals surface area contributed by atoms with Gasteiger partial charge in [-0.05, 0) is 62.0 Å². The SMILES string of the molecule is CCOC1(C(CCc2ccsc2)NC)CCCCC1. The highest BCUT2D eigenvalue weighted by molar-refractivity contribution is 7.07. The van der Waals surface area contributed by atoms with Crippen molar-refractivity contribution in [2.45, 2.75) is 63.5 Å². The summed E-state index contributed by atoms with van der Waals surface area (Å²) in [5, 5.41) is 7.97. The Balaban J connectivity index is 1.99. The molecule has 1 aromatic heterocycles. The maximum absolute atomic E-state index is 6.23. The predicted molar refractivity (Wildman–Crippen MR) is 82.9 cm³/mol. The molecule has 1 aliphatic rings. The van der Waals surface area contributed by atoms with E-state index in [4.69, 9.17) is 4.74 Å². The maximum Gasteiger partial charge on any atom is 0.0834 e. The zero-order chi connectivity index (χ0) is 13.6. The first-order valence-electron chi connectivity index (χ1n) is 7.63. The molecule has 108 valence electrons. The summed E-state index contributed by atoms with van der Waals surface area (Å²) in [5.41, 5.74) is 1.55. The Labute approximate surface area is 121 Å². The lowest BCUT2D eigenvalue weighted by molar-refractivity contribution is -0.0899. The van der Waals surface area contributed by atoms with Crippen LogP contribution >= 0.6 is 11.3 Å². The Bertz CT molecular complexity index is 338. The Kier molecular flexibility index (Phi) is 5.86. The first-order valence-corrected chi connectivity index (χ1v) is 8.57. The van der Waals surface area contributed by atoms with Crippen LogP contribution in [0.2, 0.25) is 0 Å². The molecule has 3 heteroatoms. The molecule has 2 rings (SSSR count). The van der Waals surface area contributed by atoms with Crippen LogP contribution in [0, 0.1) is 0 Å². The summed E-state index contributed by atoms with van der Waals surface area (Å²) in [6.07, 6.45) is 8.77. The highest BCUT2D eigenvalue weighted by atomic mass is 32.1. The minimum atomic E-state index is 0.0811. The minimum absolute atomic E-state index is 0.0811. The second-order valence-corrected chi connectivity index (χ2v) is 6.35.